The average Bonchev–Trinajstić information content (AvgIpc) is 2.94. The first-order chi connectivity index (χ1) is 18.8. The lowest BCUT2D eigenvalue weighted by atomic mass is 10.2. The Balaban J connectivity index is 1.11. The van der Waals surface area contributed by atoms with Gasteiger partial charge in [-0.05, 0) is 30.3 Å². The van der Waals surface area contributed by atoms with Gasteiger partial charge < -0.3 is 37.9 Å². The standard InChI is InChI=1S/C28H38O9S/c1-30-8-9-31-10-11-32-12-13-33-14-15-34-16-17-35-18-19-36-20-21-37-23-6-7-27-25(22-23)28(29)24-4-2-3-5-26(24)38-27/h2-7,22H,8-21H2,1H3. The van der Waals surface area contributed by atoms with Crippen LogP contribution in [0.15, 0.2) is 47.3 Å². The number of ether oxygens (including phenoxy) is 8. The van der Waals surface area contributed by atoms with Crippen LogP contribution in [0.1, 0.15) is 0 Å². The molecule has 0 saturated heterocycles. The zero-order valence-corrected chi connectivity index (χ0v) is 22.8. The van der Waals surface area contributed by atoms with Gasteiger partial charge in [-0.3, -0.25) is 4.79 Å². The predicted octanol–water partition coefficient (Wildman–Crippen LogP) is 3.54. The fraction of sp³-hybridized carbons (Fsp3) is 0.536. The summed E-state index contributed by atoms with van der Waals surface area (Å²) in [5.41, 5.74) is 0.0332. The molecule has 0 amide bonds. The normalized spacial score (nSPS) is 11.5. The molecule has 3 rings (SSSR count). The van der Waals surface area contributed by atoms with Crippen molar-refractivity contribution in [2.75, 3.05) is 99.6 Å². The van der Waals surface area contributed by atoms with Crippen LogP contribution in [0.5, 0.6) is 5.75 Å². The Morgan fingerprint density at radius 1 is 0.553 bits per heavy atom. The molecule has 0 spiro atoms. The topological polar surface area (TPSA) is 90.9 Å². The van der Waals surface area contributed by atoms with Crippen molar-refractivity contribution >= 4 is 31.5 Å². The Bertz CT molecular complexity index is 1100. The van der Waals surface area contributed by atoms with E-state index < -0.39 is 0 Å². The minimum atomic E-state index is 0.0332. The second-order valence-electron chi connectivity index (χ2n) is 8.10. The van der Waals surface area contributed by atoms with Crippen molar-refractivity contribution < 1.29 is 37.9 Å². The largest absolute Gasteiger partial charge is 0.491 e. The summed E-state index contributed by atoms with van der Waals surface area (Å²) in [5.74, 6) is 0.661. The molecule has 38 heavy (non-hydrogen) atoms. The van der Waals surface area contributed by atoms with Gasteiger partial charge in [-0.25, -0.2) is 0 Å². The third-order valence-corrected chi connectivity index (χ3v) is 6.49. The quantitative estimate of drug-likeness (QED) is 0.138. The van der Waals surface area contributed by atoms with Gasteiger partial charge in [0.05, 0.1) is 85.9 Å². The van der Waals surface area contributed by atoms with E-state index in [4.69, 9.17) is 37.9 Å². The first kappa shape index (κ1) is 30.4. The predicted molar refractivity (Wildman–Crippen MR) is 148 cm³/mol. The van der Waals surface area contributed by atoms with Gasteiger partial charge in [0.2, 0.25) is 0 Å². The molecule has 210 valence electrons. The summed E-state index contributed by atoms with van der Waals surface area (Å²) in [7, 11) is 1.64. The van der Waals surface area contributed by atoms with Crippen LogP contribution in [0.3, 0.4) is 0 Å². The SMILES string of the molecule is COCCOCCOCCOCCOCCOCCOCCOc1ccc2sc3ccccc3c(=O)c2c1. The van der Waals surface area contributed by atoms with Gasteiger partial charge in [-0.1, -0.05) is 12.1 Å². The van der Waals surface area contributed by atoms with E-state index in [0.29, 0.717) is 104 Å². The van der Waals surface area contributed by atoms with Crippen molar-refractivity contribution in [3.8, 4) is 5.75 Å². The van der Waals surface area contributed by atoms with Crippen molar-refractivity contribution in [2.24, 2.45) is 0 Å². The van der Waals surface area contributed by atoms with E-state index in [9.17, 15) is 4.79 Å². The molecule has 3 aromatic rings. The molecular weight excluding hydrogens is 512 g/mol. The van der Waals surface area contributed by atoms with E-state index in [1.165, 1.54) is 0 Å². The number of hydrogen-bond acceptors (Lipinski definition) is 10. The minimum Gasteiger partial charge on any atom is -0.491 e. The molecule has 0 aliphatic heterocycles. The van der Waals surface area contributed by atoms with Crippen LogP contribution in [0.2, 0.25) is 0 Å². The highest BCUT2D eigenvalue weighted by Gasteiger charge is 2.07. The highest BCUT2D eigenvalue weighted by atomic mass is 32.1. The van der Waals surface area contributed by atoms with Gasteiger partial charge in [0, 0.05) is 27.3 Å². The van der Waals surface area contributed by atoms with E-state index in [1.54, 1.807) is 18.4 Å². The highest BCUT2D eigenvalue weighted by molar-refractivity contribution is 7.24. The molecule has 9 nitrogen and oxygen atoms in total. The third kappa shape index (κ3) is 11.3. The molecule has 0 atom stereocenters. The van der Waals surface area contributed by atoms with Crippen LogP contribution in [0, 0.1) is 0 Å². The molecule has 2 aromatic carbocycles. The van der Waals surface area contributed by atoms with E-state index in [2.05, 4.69) is 0 Å². The van der Waals surface area contributed by atoms with Gasteiger partial charge in [-0.15, -0.1) is 11.3 Å². The Morgan fingerprint density at radius 3 is 1.58 bits per heavy atom. The first-order valence-corrected chi connectivity index (χ1v) is 13.6. The second kappa shape index (κ2) is 19.0. The van der Waals surface area contributed by atoms with Gasteiger partial charge in [-0.2, -0.15) is 0 Å². The summed E-state index contributed by atoms with van der Waals surface area (Å²) < 4.78 is 45.2. The van der Waals surface area contributed by atoms with Crippen molar-refractivity contribution in [1.29, 1.82) is 0 Å². The minimum absolute atomic E-state index is 0.0332. The molecule has 0 radical (unpaired) electrons. The van der Waals surface area contributed by atoms with Gasteiger partial charge in [0.25, 0.3) is 0 Å². The molecule has 0 fully saturated rings. The lowest BCUT2D eigenvalue weighted by molar-refractivity contribution is -0.0199. The maximum Gasteiger partial charge on any atom is 0.196 e. The van der Waals surface area contributed by atoms with Gasteiger partial charge in [0.15, 0.2) is 5.43 Å². The second-order valence-corrected chi connectivity index (χ2v) is 9.18. The fourth-order valence-electron chi connectivity index (χ4n) is 3.43. The lowest BCUT2D eigenvalue weighted by Crippen LogP contribution is -2.15. The Morgan fingerprint density at radius 2 is 1.03 bits per heavy atom. The monoisotopic (exact) mass is 550 g/mol. The van der Waals surface area contributed by atoms with Gasteiger partial charge in [0.1, 0.15) is 12.4 Å². The van der Waals surface area contributed by atoms with Crippen LogP contribution in [-0.2, 0) is 33.2 Å². The molecule has 0 unspecified atom stereocenters. The number of benzene rings is 2. The Hall–Kier alpha value is -2.15. The first-order valence-electron chi connectivity index (χ1n) is 12.8. The summed E-state index contributed by atoms with van der Waals surface area (Å²) in [6, 6.07) is 13.3. The smallest absolute Gasteiger partial charge is 0.196 e. The van der Waals surface area contributed by atoms with Crippen molar-refractivity contribution in [2.45, 2.75) is 0 Å². The van der Waals surface area contributed by atoms with Crippen LogP contribution in [0.4, 0.5) is 0 Å². The summed E-state index contributed by atoms with van der Waals surface area (Å²) in [6.07, 6.45) is 0. The van der Waals surface area contributed by atoms with Crippen molar-refractivity contribution in [3.63, 3.8) is 0 Å². The van der Waals surface area contributed by atoms with E-state index in [0.717, 1.165) is 14.8 Å². The molecule has 10 heteroatoms. The molecule has 0 aliphatic carbocycles. The molecule has 0 bridgehead atoms. The van der Waals surface area contributed by atoms with E-state index in [1.807, 2.05) is 42.5 Å². The molecular formula is C28H38O9S. The van der Waals surface area contributed by atoms with E-state index in [-0.39, 0.29) is 5.43 Å². The zero-order chi connectivity index (χ0) is 26.7. The maximum atomic E-state index is 12.8. The van der Waals surface area contributed by atoms with Crippen molar-refractivity contribution in [1.82, 2.24) is 0 Å². The summed E-state index contributed by atoms with van der Waals surface area (Å²) in [6.45, 7) is 7.14. The Kier molecular flexibility index (Phi) is 15.2. The molecule has 1 aromatic heterocycles. The van der Waals surface area contributed by atoms with Crippen LogP contribution in [-0.4, -0.2) is 99.6 Å². The third-order valence-electron chi connectivity index (χ3n) is 5.34. The lowest BCUT2D eigenvalue weighted by Gasteiger charge is -2.09. The maximum absolute atomic E-state index is 12.8. The summed E-state index contributed by atoms with van der Waals surface area (Å²) in [5, 5.41) is 1.42. The number of rotatable bonds is 22. The summed E-state index contributed by atoms with van der Waals surface area (Å²) >= 11 is 1.61. The average molecular weight is 551 g/mol. The molecule has 1 heterocycles. The highest BCUT2D eigenvalue weighted by Crippen LogP contribution is 2.27. The summed E-state index contributed by atoms with van der Waals surface area (Å²) in [4.78, 5) is 12.8. The fourth-order valence-corrected chi connectivity index (χ4v) is 4.49. The number of hydrogen-bond donors (Lipinski definition) is 0. The molecule has 0 saturated carbocycles. The van der Waals surface area contributed by atoms with Crippen LogP contribution in [0.25, 0.3) is 20.2 Å². The molecule has 0 N–H and O–H groups in total. The molecule has 0 aliphatic rings. The zero-order valence-electron chi connectivity index (χ0n) is 22.0. The number of methoxy groups -OCH3 is 1. The van der Waals surface area contributed by atoms with E-state index >= 15 is 0 Å². The van der Waals surface area contributed by atoms with Gasteiger partial charge >= 0.3 is 0 Å². The van der Waals surface area contributed by atoms with Crippen LogP contribution >= 0.6 is 11.3 Å². The number of fused-ring (bicyclic) bond motifs is 2. The van der Waals surface area contributed by atoms with Crippen LogP contribution < -0.4 is 10.2 Å². The van der Waals surface area contributed by atoms with Crippen molar-refractivity contribution in [3.05, 3.63) is 52.7 Å². The Labute approximate surface area is 227 Å².